The van der Waals surface area contributed by atoms with Gasteiger partial charge in [-0.25, -0.2) is 4.98 Å². The molecule has 1 aliphatic heterocycles. The SMILES string of the molecule is O=C1CC(C(=O)Nc2ncccc2Br)CN1. The monoisotopic (exact) mass is 283 g/mol. The van der Waals surface area contributed by atoms with Gasteiger partial charge in [-0.3, -0.25) is 9.59 Å². The van der Waals surface area contributed by atoms with Gasteiger partial charge in [-0.1, -0.05) is 0 Å². The molecule has 0 aromatic carbocycles. The molecule has 0 spiro atoms. The van der Waals surface area contributed by atoms with Crippen molar-refractivity contribution in [3.63, 3.8) is 0 Å². The van der Waals surface area contributed by atoms with Gasteiger partial charge >= 0.3 is 0 Å². The summed E-state index contributed by atoms with van der Waals surface area (Å²) in [5.41, 5.74) is 0. The number of amides is 2. The summed E-state index contributed by atoms with van der Waals surface area (Å²) in [6, 6.07) is 3.56. The molecule has 1 aliphatic rings. The van der Waals surface area contributed by atoms with Gasteiger partial charge in [-0.05, 0) is 28.1 Å². The molecular weight excluding hydrogens is 274 g/mol. The average Bonchev–Trinajstić information content (AvgIpc) is 2.68. The molecular formula is C10H10BrN3O2. The summed E-state index contributed by atoms with van der Waals surface area (Å²) in [6.45, 7) is 0.398. The number of carbonyl (C=O) groups excluding carboxylic acids is 2. The normalized spacial score (nSPS) is 19.3. The first kappa shape index (κ1) is 11.1. The third kappa shape index (κ3) is 2.38. The lowest BCUT2D eigenvalue weighted by Crippen LogP contribution is -2.25. The second kappa shape index (κ2) is 4.61. The van der Waals surface area contributed by atoms with Crippen molar-refractivity contribution in [2.24, 2.45) is 5.92 Å². The van der Waals surface area contributed by atoms with Crippen LogP contribution in [0.4, 0.5) is 5.82 Å². The Hall–Kier alpha value is -1.43. The standard InChI is InChI=1S/C10H10BrN3O2/c11-7-2-1-3-12-9(7)14-10(16)6-4-8(15)13-5-6/h1-3,6H,4-5H2,(H,13,15)(H,12,14,16). The molecule has 2 amide bonds. The lowest BCUT2D eigenvalue weighted by atomic mass is 10.1. The van der Waals surface area contributed by atoms with Crippen LogP contribution in [0.15, 0.2) is 22.8 Å². The molecule has 84 valence electrons. The Morgan fingerprint density at radius 3 is 3.06 bits per heavy atom. The van der Waals surface area contributed by atoms with Crippen molar-refractivity contribution < 1.29 is 9.59 Å². The van der Waals surface area contributed by atoms with Gasteiger partial charge in [-0.2, -0.15) is 0 Å². The molecule has 0 saturated carbocycles. The Bertz CT molecular complexity index is 436. The molecule has 2 heterocycles. The highest BCUT2D eigenvalue weighted by atomic mass is 79.9. The van der Waals surface area contributed by atoms with E-state index in [1.54, 1.807) is 18.3 Å². The van der Waals surface area contributed by atoms with Crippen molar-refractivity contribution in [2.45, 2.75) is 6.42 Å². The Balaban J connectivity index is 2.03. The van der Waals surface area contributed by atoms with Crippen LogP contribution < -0.4 is 10.6 Å². The molecule has 0 bridgehead atoms. The number of pyridine rings is 1. The van der Waals surface area contributed by atoms with Crippen molar-refractivity contribution in [3.8, 4) is 0 Å². The van der Waals surface area contributed by atoms with E-state index in [-0.39, 0.29) is 24.2 Å². The molecule has 0 radical (unpaired) electrons. The summed E-state index contributed by atoms with van der Waals surface area (Å²) in [5.74, 6) is -0.0914. The van der Waals surface area contributed by atoms with Gasteiger partial charge in [0.05, 0.1) is 10.4 Å². The molecule has 1 aromatic rings. The molecule has 0 aliphatic carbocycles. The third-order valence-electron chi connectivity index (χ3n) is 2.35. The van der Waals surface area contributed by atoms with Crippen LogP contribution in [0, 0.1) is 5.92 Å². The average molecular weight is 284 g/mol. The Kier molecular flexibility index (Phi) is 3.19. The van der Waals surface area contributed by atoms with Gasteiger partial charge in [0.2, 0.25) is 11.8 Å². The second-order valence-electron chi connectivity index (χ2n) is 3.53. The zero-order valence-electron chi connectivity index (χ0n) is 8.37. The van der Waals surface area contributed by atoms with E-state index in [0.717, 1.165) is 4.47 Å². The van der Waals surface area contributed by atoms with Crippen LogP contribution in [0.5, 0.6) is 0 Å². The van der Waals surface area contributed by atoms with Gasteiger partial charge in [0.25, 0.3) is 0 Å². The predicted molar refractivity (Wildman–Crippen MR) is 61.7 cm³/mol. The fourth-order valence-electron chi connectivity index (χ4n) is 1.49. The summed E-state index contributed by atoms with van der Waals surface area (Å²) in [4.78, 5) is 26.7. The topological polar surface area (TPSA) is 71.1 Å². The number of nitrogens with one attached hydrogen (secondary N) is 2. The van der Waals surface area contributed by atoms with Crippen molar-refractivity contribution in [1.82, 2.24) is 10.3 Å². The molecule has 2 rings (SSSR count). The van der Waals surface area contributed by atoms with Gasteiger partial charge in [-0.15, -0.1) is 0 Å². The zero-order valence-corrected chi connectivity index (χ0v) is 9.95. The molecule has 1 atom stereocenters. The molecule has 16 heavy (non-hydrogen) atoms. The quantitative estimate of drug-likeness (QED) is 0.848. The fourth-order valence-corrected chi connectivity index (χ4v) is 1.84. The van der Waals surface area contributed by atoms with E-state index in [4.69, 9.17) is 0 Å². The number of anilines is 1. The molecule has 6 heteroatoms. The minimum atomic E-state index is -0.304. The maximum absolute atomic E-state index is 11.7. The number of halogens is 1. The van der Waals surface area contributed by atoms with Crippen LogP contribution in [-0.2, 0) is 9.59 Å². The van der Waals surface area contributed by atoms with Gasteiger partial charge < -0.3 is 10.6 Å². The van der Waals surface area contributed by atoms with E-state index in [2.05, 4.69) is 31.5 Å². The zero-order chi connectivity index (χ0) is 11.5. The van der Waals surface area contributed by atoms with Gasteiger partial charge in [0.15, 0.2) is 0 Å². The maximum atomic E-state index is 11.7. The van der Waals surface area contributed by atoms with Crippen LogP contribution >= 0.6 is 15.9 Å². The summed E-state index contributed by atoms with van der Waals surface area (Å²) < 4.78 is 0.723. The minimum absolute atomic E-state index is 0.0831. The number of hydrogen-bond donors (Lipinski definition) is 2. The van der Waals surface area contributed by atoms with Crippen LogP contribution in [0.2, 0.25) is 0 Å². The Morgan fingerprint density at radius 2 is 2.44 bits per heavy atom. The smallest absolute Gasteiger partial charge is 0.230 e. The van der Waals surface area contributed by atoms with Crippen LogP contribution in [0.3, 0.4) is 0 Å². The van der Waals surface area contributed by atoms with Crippen LogP contribution in [0.25, 0.3) is 0 Å². The van der Waals surface area contributed by atoms with E-state index in [9.17, 15) is 9.59 Å². The maximum Gasteiger partial charge on any atom is 0.230 e. The van der Waals surface area contributed by atoms with E-state index >= 15 is 0 Å². The minimum Gasteiger partial charge on any atom is -0.355 e. The van der Waals surface area contributed by atoms with Gasteiger partial charge in [0.1, 0.15) is 5.82 Å². The molecule has 5 nitrogen and oxygen atoms in total. The van der Waals surface area contributed by atoms with E-state index in [1.807, 2.05) is 0 Å². The summed E-state index contributed by atoms with van der Waals surface area (Å²) in [7, 11) is 0. The van der Waals surface area contributed by atoms with Gasteiger partial charge in [0, 0.05) is 19.2 Å². The Labute approximate surface area is 101 Å². The summed E-state index contributed by atoms with van der Waals surface area (Å²) in [6.07, 6.45) is 1.84. The highest BCUT2D eigenvalue weighted by Crippen LogP contribution is 2.20. The van der Waals surface area contributed by atoms with E-state index in [0.29, 0.717) is 12.4 Å². The largest absolute Gasteiger partial charge is 0.355 e. The highest BCUT2D eigenvalue weighted by molar-refractivity contribution is 9.10. The van der Waals surface area contributed by atoms with Crippen molar-refractivity contribution in [2.75, 3.05) is 11.9 Å². The Morgan fingerprint density at radius 1 is 1.62 bits per heavy atom. The number of carbonyl (C=O) groups is 2. The van der Waals surface area contributed by atoms with E-state index < -0.39 is 0 Å². The molecule has 2 N–H and O–H groups in total. The van der Waals surface area contributed by atoms with Crippen molar-refractivity contribution in [3.05, 3.63) is 22.8 Å². The fraction of sp³-hybridized carbons (Fsp3) is 0.300. The first-order valence-electron chi connectivity index (χ1n) is 4.85. The molecule has 1 fully saturated rings. The van der Waals surface area contributed by atoms with Crippen molar-refractivity contribution in [1.29, 1.82) is 0 Å². The van der Waals surface area contributed by atoms with Crippen LogP contribution in [0.1, 0.15) is 6.42 Å². The molecule has 1 saturated heterocycles. The first-order valence-corrected chi connectivity index (χ1v) is 5.64. The number of aromatic nitrogens is 1. The third-order valence-corrected chi connectivity index (χ3v) is 2.99. The number of hydrogen-bond acceptors (Lipinski definition) is 3. The second-order valence-corrected chi connectivity index (χ2v) is 4.38. The van der Waals surface area contributed by atoms with E-state index in [1.165, 1.54) is 0 Å². The first-order chi connectivity index (χ1) is 7.66. The lowest BCUT2D eigenvalue weighted by Gasteiger charge is -2.09. The lowest BCUT2D eigenvalue weighted by molar-refractivity contribution is -0.123. The summed E-state index contributed by atoms with van der Waals surface area (Å²) >= 11 is 3.29. The van der Waals surface area contributed by atoms with Crippen molar-refractivity contribution >= 4 is 33.6 Å². The number of nitrogens with zero attached hydrogens (tertiary/aromatic N) is 1. The number of rotatable bonds is 2. The van der Waals surface area contributed by atoms with Crippen LogP contribution in [-0.4, -0.2) is 23.3 Å². The molecule has 1 unspecified atom stereocenters. The predicted octanol–water partition coefficient (Wildman–Crippen LogP) is 0.919. The highest BCUT2D eigenvalue weighted by Gasteiger charge is 2.28. The molecule has 1 aromatic heterocycles. The summed E-state index contributed by atoms with van der Waals surface area (Å²) in [5, 5.41) is 5.30.